The van der Waals surface area contributed by atoms with E-state index in [2.05, 4.69) is 15.0 Å². The first kappa shape index (κ1) is 21.3. The van der Waals surface area contributed by atoms with E-state index in [1.54, 1.807) is 69.6 Å². The summed E-state index contributed by atoms with van der Waals surface area (Å²) >= 11 is 0. The predicted molar refractivity (Wildman–Crippen MR) is 117 cm³/mol. The zero-order chi connectivity index (χ0) is 21.9. The van der Waals surface area contributed by atoms with Crippen molar-refractivity contribution < 1.29 is 17.9 Å². The van der Waals surface area contributed by atoms with Gasteiger partial charge in [-0.15, -0.1) is 0 Å². The molecule has 0 aliphatic rings. The zero-order valence-corrected chi connectivity index (χ0v) is 18.0. The molecule has 156 valence electrons. The Balaban J connectivity index is 1.98. The number of rotatable bonds is 6. The van der Waals surface area contributed by atoms with E-state index in [-0.39, 0.29) is 10.8 Å². The molecule has 1 aromatic heterocycles. The van der Waals surface area contributed by atoms with Crippen LogP contribution in [-0.4, -0.2) is 26.4 Å². The van der Waals surface area contributed by atoms with Gasteiger partial charge in [-0.2, -0.15) is 0 Å². The van der Waals surface area contributed by atoms with Crippen LogP contribution in [0, 0.1) is 20.8 Å². The summed E-state index contributed by atoms with van der Waals surface area (Å²) in [6, 6.07) is 11.6. The van der Waals surface area contributed by atoms with Gasteiger partial charge in [0.15, 0.2) is 0 Å². The molecule has 1 heterocycles. The summed E-state index contributed by atoms with van der Waals surface area (Å²) in [4.78, 5) is 16.7. The Kier molecular flexibility index (Phi) is 6.07. The summed E-state index contributed by atoms with van der Waals surface area (Å²) < 4.78 is 34.0. The van der Waals surface area contributed by atoms with E-state index in [9.17, 15) is 13.2 Å². The van der Waals surface area contributed by atoms with Crippen molar-refractivity contribution in [2.75, 3.05) is 17.1 Å². The van der Waals surface area contributed by atoms with Crippen molar-refractivity contribution in [3.05, 3.63) is 77.1 Å². The Morgan fingerprint density at radius 3 is 2.33 bits per heavy atom. The van der Waals surface area contributed by atoms with E-state index in [1.807, 2.05) is 6.92 Å². The monoisotopic (exact) mass is 425 g/mol. The maximum absolute atomic E-state index is 13.2. The van der Waals surface area contributed by atoms with Crippen LogP contribution in [0.1, 0.15) is 27.0 Å². The topological polar surface area (TPSA) is 97.4 Å². The number of carbonyl (C=O) groups excluding carboxylic acids is 1. The molecule has 0 aliphatic heterocycles. The van der Waals surface area contributed by atoms with Crippen molar-refractivity contribution in [3.8, 4) is 5.75 Å². The Labute approximate surface area is 176 Å². The van der Waals surface area contributed by atoms with E-state index in [0.717, 1.165) is 5.56 Å². The molecule has 3 rings (SSSR count). The number of methoxy groups -OCH3 is 1. The minimum atomic E-state index is -3.89. The zero-order valence-electron chi connectivity index (χ0n) is 17.2. The molecule has 30 heavy (non-hydrogen) atoms. The largest absolute Gasteiger partial charge is 0.497 e. The third kappa shape index (κ3) is 4.44. The van der Waals surface area contributed by atoms with Gasteiger partial charge >= 0.3 is 0 Å². The number of hydrogen-bond acceptors (Lipinski definition) is 5. The Bertz CT molecular complexity index is 1180. The van der Waals surface area contributed by atoms with Gasteiger partial charge in [-0.25, -0.2) is 8.42 Å². The minimum Gasteiger partial charge on any atom is -0.497 e. The molecule has 0 aliphatic carbocycles. The van der Waals surface area contributed by atoms with Gasteiger partial charge in [0.1, 0.15) is 5.75 Å². The molecule has 0 atom stereocenters. The number of ether oxygens (including phenoxy) is 1. The summed E-state index contributed by atoms with van der Waals surface area (Å²) in [5.41, 5.74) is 3.08. The smallest absolute Gasteiger partial charge is 0.262 e. The van der Waals surface area contributed by atoms with Gasteiger partial charge in [0.05, 0.1) is 17.6 Å². The lowest BCUT2D eigenvalue weighted by Gasteiger charge is -2.19. The summed E-state index contributed by atoms with van der Waals surface area (Å²) in [5.74, 6) is 0.269. The third-order valence-electron chi connectivity index (χ3n) is 4.67. The number of nitrogens with one attached hydrogen (secondary N) is 2. The van der Waals surface area contributed by atoms with Crippen LogP contribution in [0.5, 0.6) is 5.75 Å². The fraction of sp³-hybridized carbons (Fsp3) is 0.182. The van der Waals surface area contributed by atoms with Crippen LogP contribution in [0.3, 0.4) is 0 Å². The van der Waals surface area contributed by atoms with Gasteiger partial charge in [-0.1, -0.05) is 6.07 Å². The van der Waals surface area contributed by atoms with Crippen molar-refractivity contribution in [2.24, 2.45) is 0 Å². The number of aryl methyl sites for hydroxylation is 2. The summed E-state index contributed by atoms with van der Waals surface area (Å²) in [6.07, 6.45) is 3.03. The fourth-order valence-electron chi connectivity index (χ4n) is 3.32. The second-order valence-corrected chi connectivity index (χ2v) is 8.49. The number of pyridine rings is 1. The lowest BCUT2D eigenvalue weighted by Crippen LogP contribution is -2.19. The first-order valence-electron chi connectivity index (χ1n) is 9.22. The number of carbonyl (C=O) groups is 1. The van der Waals surface area contributed by atoms with Crippen molar-refractivity contribution in [3.63, 3.8) is 0 Å². The lowest BCUT2D eigenvalue weighted by molar-refractivity contribution is 0.102. The van der Waals surface area contributed by atoms with E-state index >= 15 is 0 Å². The fourth-order valence-corrected chi connectivity index (χ4v) is 4.86. The van der Waals surface area contributed by atoms with Crippen LogP contribution in [-0.2, 0) is 10.0 Å². The first-order chi connectivity index (χ1) is 14.2. The van der Waals surface area contributed by atoms with Crippen LogP contribution in [0.15, 0.2) is 59.8 Å². The molecule has 2 aromatic carbocycles. The number of amides is 1. The van der Waals surface area contributed by atoms with Crippen LogP contribution in [0.2, 0.25) is 0 Å². The molecule has 1 amide bonds. The highest BCUT2D eigenvalue weighted by Crippen LogP contribution is 2.32. The normalized spacial score (nSPS) is 11.1. The highest BCUT2D eigenvalue weighted by molar-refractivity contribution is 7.92. The van der Waals surface area contributed by atoms with Crippen molar-refractivity contribution in [2.45, 2.75) is 25.7 Å². The average Bonchev–Trinajstić information content (AvgIpc) is 2.71. The molecule has 0 saturated carbocycles. The van der Waals surface area contributed by atoms with Gasteiger partial charge in [0, 0.05) is 23.8 Å². The van der Waals surface area contributed by atoms with Gasteiger partial charge in [0.25, 0.3) is 15.9 Å². The maximum Gasteiger partial charge on any atom is 0.262 e. The van der Waals surface area contributed by atoms with Crippen LogP contribution < -0.4 is 14.8 Å². The molecular formula is C22H23N3O4S. The van der Waals surface area contributed by atoms with E-state index in [1.165, 1.54) is 6.20 Å². The molecule has 7 nitrogen and oxygen atoms in total. The highest BCUT2D eigenvalue weighted by atomic mass is 32.2. The Morgan fingerprint density at radius 2 is 1.73 bits per heavy atom. The molecule has 0 fully saturated rings. The number of benzene rings is 2. The molecule has 0 unspecified atom stereocenters. The maximum atomic E-state index is 13.2. The molecule has 3 aromatic rings. The summed E-state index contributed by atoms with van der Waals surface area (Å²) in [7, 11) is -2.35. The van der Waals surface area contributed by atoms with E-state index < -0.39 is 10.0 Å². The van der Waals surface area contributed by atoms with Crippen LogP contribution in [0.4, 0.5) is 11.4 Å². The molecule has 0 saturated heterocycles. The number of sulfonamides is 1. The molecule has 0 radical (unpaired) electrons. The lowest BCUT2D eigenvalue weighted by atomic mass is 10.0. The van der Waals surface area contributed by atoms with Crippen molar-refractivity contribution in [1.82, 2.24) is 4.98 Å². The SMILES string of the molecule is COc1ccc(NS(=O)(=O)c2c(C)cc(C)c(NC(=O)c3cccnc3)c2C)cc1. The van der Waals surface area contributed by atoms with Gasteiger partial charge in [-0.3, -0.25) is 14.5 Å². The molecule has 8 heteroatoms. The molecule has 2 N–H and O–H groups in total. The number of hydrogen-bond donors (Lipinski definition) is 2. The molecule has 0 spiro atoms. The second kappa shape index (κ2) is 8.54. The van der Waals surface area contributed by atoms with Crippen LogP contribution >= 0.6 is 0 Å². The quantitative estimate of drug-likeness (QED) is 0.620. The third-order valence-corrected chi connectivity index (χ3v) is 6.34. The highest BCUT2D eigenvalue weighted by Gasteiger charge is 2.24. The number of anilines is 2. The number of nitrogens with zero attached hydrogens (tertiary/aromatic N) is 1. The minimum absolute atomic E-state index is 0.130. The summed E-state index contributed by atoms with van der Waals surface area (Å²) in [6.45, 7) is 5.24. The van der Waals surface area contributed by atoms with Crippen molar-refractivity contribution in [1.29, 1.82) is 0 Å². The Hall–Kier alpha value is -3.39. The van der Waals surface area contributed by atoms with E-state index in [4.69, 9.17) is 4.74 Å². The van der Waals surface area contributed by atoms with Gasteiger partial charge in [0.2, 0.25) is 0 Å². The Morgan fingerprint density at radius 1 is 1.03 bits per heavy atom. The summed E-state index contributed by atoms with van der Waals surface area (Å²) in [5, 5.41) is 2.83. The first-order valence-corrected chi connectivity index (χ1v) is 10.7. The van der Waals surface area contributed by atoms with Gasteiger partial charge in [-0.05, 0) is 73.9 Å². The second-order valence-electron chi connectivity index (χ2n) is 6.87. The van der Waals surface area contributed by atoms with Gasteiger partial charge < -0.3 is 10.1 Å². The predicted octanol–water partition coefficient (Wildman–Crippen LogP) is 4.07. The molecular weight excluding hydrogens is 402 g/mol. The average molecular weight is 426 g/mol. The number of aromatic nitrogens is 1. The van der Waals surface area contributed by atoms with E-state index in [0.29, 0.717) is 33.8 Å². The standard InChI is InChI=1S/C22H23N3O4S/c1-14-12-15(2)21(30(27,28)25-18-7-9-19(29-4)10-8-18)16(3)20(14)24-22(26)17-6-5-11-23-13-17/h5-13,25H,1-4H3,(H,24,26). The molecule has 0 bridgehead atoms. The van der Waals surface area contributed by atoms with Crippen LogP contribution in [0.25, 0.3) is 0 Å². The van der Waals surface area contributed by atoms with Crippen molar-refractivity contribution >= 4 is 27.3 Å².